The van der Waals surface area contributed by atoms with E-state index in [4.69, 9.17) is 9.15 Å². The summed E-state index contributed by atoms with van der Waals surface area (Å²) in [5.74, 6) is 0.198. The van der Waals surface area contributed by atoms with Gasteiger partial charge in [-0.05, 0) is 17.7 Å². The summed E-state index contributed by atoms with van der Waals surface area (Å²) in [6.07, 6.45) is 1.56. The van der Waals surface area contributed by atoms with Crippen LogP contribution in [0.3, 0.4) is 0 Å². The molecule has 0 spiro atoms. The summed E-state index contributed by atoms with van der Waals surface area (Å²) in [6.45, 7) is 0. The van der Waals surface area contributed by atoms with Crippen molar-refractivity contribution in [2.24, 2.45) is 0 Å². The number of hydrogen-bond donors (Lipinski definition) is 1. The van der Waals surface area contributed by atoms with Crippen LogP contribution in [0, 0.1) is 5.82 Å². The van der Waals surface area contributed by atoms with E-state index in [1.54, 1.807) is 54.2 Å². The highest BCUT2D eigenvalue weighted by Gasteiger charge is 2.19. The lowest BCUT2D eigenvalue weighted by Gasteiger charge is -2.13. The Hall–Kier alpha value is -4.19. The molecule has 0 saturated carbocycles. The molecule has 5 aromatic rings. The molecule has 0 atom stereocenters. The summed E-state index contributed by atoms with van der Waals surface area (Å²) >= 11 is 0. The molecule has 31 heavy (non-hydrogen) atoms. The summed E-state index contributed by atoms with van der Waals surface area (Å²) in [5.41, 5.74) is 4.04. The molecule has 4 nitrogen and oxygen atoms in total. The number of furan rings is 1. The van der Waals surface area contributed by atoms with Crippen LogP contribution < -0.4 is 10.3 Å². The van der Waals surface area contributed by atoms with Crippen molar-refractivity contribution in [3.05, 3.63) is 96.9 Å². The molecular weight excluding hydrogens is 398 g/mol. The van der Waals surface area contributed by atoms with Crippen LogP contribution in [0.2, 0.25) is 0 Å². The topological polar surface area (TPSA) is 47.3 Å². The van der Waals surface area contributed by atoms with Crippen LogP contribution in [-0.2, 0) is 0 Å². The van der Waals surface area contributed by atoms with Crippen molar-refractivity contribution < 1.29 is 18.0 Å². The molecule has 0 saturated heterocycles. The third kappa shape index (κ3) is 3.48. The van der Waals surface area contributed by atoms with Gasteiger partial charge in [-0.25, -0.2) is 9.93 Å². The van der Waals surface area contributed by atoms with Gasteiger partial charge >= 0.3 is 0 Å². The summed E-state index contributed by atoms with van der Waals surface area (Å²) < 4.78 is 40.5. The van der Waals surface area contributed by atoms with Crippen LogP contribution in [0.4, 0.5) is 14.6 Å². The lowest BCUT2D eigenvalue weighted by molar-refractivity contribution is 0.438. The van der Waals surface area contributed by atoms with Gasteiger partial charge in [0, 0.05) is 29.5 Å². The lowest BCUT2D eigenvalue weighted by atomic mass is 10.0. The Bertz CT molecular complexity index is 1350. The SMILES string of the molecule is FNc1ccc(Oc2ccnc3cc(-c4ccccc4)oc23)c(F)c1-c1ccccc1. The molecule has 0 aliphatic carbocycles. The first kappa shape index (κ1) is 18.8. The number of nitrogens with one attached hydrogen (secondary N) is 1. The van der Waals surface area contributed by atoms with E-state index >= 15 is 4.39 Å². The molecule has 152 valence electrons. The Morgan fingerprint density at radius 1 is 0.806 bits per heavy atom. The Balaban J connectivity index is 1.58. The smallest absolute Gasteiger partial charge is 0.195 e. The highest BCUT2D eigenvalue weighted by molar-refractivity contribution is 5.84. The van der Waals surface area contributed by atoms with E-state index in [0.29, 0.717) is 28.2 Å². The van der Waals surface area contributed by atoms with Gasteiger partial charge < -0.3 is 9.15 Å². The Kier molecular flexibility index (Phi) is 4.80. The fraction of sp³-hybridized carbons (Fsp3) is 0. The summed E-state index contributed by atoms with van der Waals surface area (Å²) in [6, 6.07) is 24.5. The number of pyridine rings is 1. The van der Waals surface area contributed by atoms with Crippen molar-refractivity contribution in [1.82, 2.24) is 4.98 Å². The Morgan fingerprint density at radius 3 is 2.23 bits per heavy atom. The summed E-state index contributed by atoms with van der Waals surface area (Å²) in [7, 11) is 0. The Morgan fingerprint density at radius 2 is 1.52 bits per heavy atom. The van der Waals surface area contributed by atoms with Gasteiger partial charge in [0.2, 0.25) is 0 Å². The first-order chi connectivity index (χ1) is 15.2. The van der Waals surface area contributed by atoms with E-state index in [-0.39, 0.29) is 17.0 Å². The fourth-order valence-electron chi connectivity index (χ4n) is 3.46. The van der Waals surface area contributed by atoms with Crippen LogP contribution in [0.25, 0.3) is 33.6 Å². The predicted molar refractivity (Wildman–Crippen MR) is 116 cm³/mol. The molecule has 0 radical (unpaired) electrons. The van der Waals surface area contributed by atoms with Gasteiger partial charge in [0.25, 0.3) is 0 Å². The fourth-order valence-corrected chi connectivity index (χ4v) is 3.46. The van der Waals surface area contributed by atoms with Crippen molar-refractivity contribution >= 4 is 16.8 Å². The quantitative estimate of drug-likeness (QED) is 0.305. The number of halogens is 2. The summed E-state index contributed by atoms with van der Waals surface area (Å²) in [5, 5.41) is 0. The van der Waals surface area contributed by atoms with Gasteiger partial charge in [0.05, 0.1) is 5.69 Å². The minimum atomic E-state index is -0.686. The van der Waals surface area contributed by atoms with E-state index in [9.17, 15) is 4.48 Å². The number of benzene rings is 3. The average Bonchev–Trinajstić information content (AvgIpc) is 3.27. The molecule has 1 N–H and O–H groups in total. The van der Waals surface area contributed by atoms with Crippen LogP contribution >= 0.6 is 0 Å². The highest BCUT2D eigenvalue weighted by Crippen LogP contribution is 2.40. The maximum absolute atomic E-state index is 15.4. The molecule has 2 heterocycles. The Labute approximate surface area is 176 Å². The van der Waals surface area contributed by atoms with Crippen molar-refractivity contribution in [2.75, 3.05) is 5.54 Å². The maximum atomic E-state index is 15.4. The standard InChI is InChI=1S/C25H16F2N2O2/c26-24-20(12-11-18(29-27)23(24)17-9-5-2-6-10-17)30-21-13-14-28-19-15-22(31-25(19)21)16-7-3-1-4-8-16/h1-15,29H. The van der Waals surface area contributed by atoms with E-state index in [2.05, 4.69) is 4.98 Å². The number of nitrogens with zero attached hydrogens (tertiary/aromatic N) is 1. The van der Waals surface area contributed by atoms with Gasteiger partial charge in [-0.15, -0.1) is 4.48 Å². The second-order valence-electron chi connectivity index (χ2n) is 6.86. The number of aromatic nitrogens is 1. The van der Waals surface area contributed by atoms with E-state index in [1.165, 1.54) is 12.1 Å². The van der Waals surface area contributed by atoms with E-state index in [0.717, 1.165) is 5.56 Å². The number of hydrogen-bond acceptors (Lipinski definition) is 4. The maximum Gasteiger partial charge on any atom is 0.195 e. The molecular formula is C25H16F2N2O2. The molecule has 0 aliphatic rings. The van der Waals surface area contributed by atoms with Crippen LogP contribution in [0.5, 0.6) is 11.5 Å². The molecule has 2 aromatic heterocycles. The number of fused-ring (bicyclic) bond motifs is 1. The number of rotatable bonds is 5. The number of ether oxygens (including phenoxy) is 1. The zero-order valence-corrected chi connectivity index (χ0v) is 16.2. The van der Waals surface area contributed by atoms with E-state index in [1.807, 2.05) is 30.3 Å². The largest absolute Gasteiger partial charge is 0.450 e. The normalized spacial score (nSPS) is 10.9. The third-order valence-electron chi connectivity index (χ3n) is 4.92. The molecule has 0 aliphatic heterocycles. The van der Waals surface area contributed by atoms with Crippen LogP contribution in [0.15, 0.2) is 95.5 Å². The molecule has 3 aromatic carbocycles. The summed E-state index contributed by atoms with van der Waals surface area (Å²) in [4.78, 5) is 4.32. The lowest BCUT2D eigenvalue weighted by Crippen LogP contribution is -1.96. The van der Waals surface area contributed by atoms with Gasteiger partial charge in [0.1, 0.15) is 11.3 Å². The molecule has 0 unspecified atom stereocenters. The van der Waals surface area contributed by atoms with Gasteiger partial charge in [0.15, 0.2) is 22.9 Å². The minimum Gasteiger partial charge on any atom is -0.450 e. The highest BCUT2D eigenvalue weighted by atomic mass is 19.2. The van der Waals surface area contributed by atoms with Crippen LogP contribution in [-0.4, -0.2) is 4.98 Å². The second-order valence-corrected chi connectivity index (χ2v) is 6.86. The molecule has 6 heteroatoms. The van der Waals surface area contributed by atoms with E-state index < -0.39 is 5.82 Å². The van der Waals surface area contributed by atoms with Crippen molar-refractivity contribution in [2.45, 2.75) is 0 Å². The zero-order valence-electron chi connectivity index (χ0n) is 16.2. The molecule has 5 rings (SSSR count). The molecule has 0 bridgehead atoms. The second kappa shape index (κ2) is 7.91. The van der Waals surface area contributed by atoms with Gasteiger partial charge in [-0.2, -0.15) is 0 Å². The molecule has 0 amide bonds. The third-order valence-corrected chi connectivity index (χ3v) is 4.92. The number of anilines is 1. The first-order valence-corrected chi connectivity index (χ1v) is 9.61. The van der Waals surface area contributed by atoms with Crippen molar-refractivity contribution in [1.29, 1.82) is 0 Å². The van der Waals surface area contributed by atoms with Gasteiger partial charge in [-0.3, -0.25) is 4.98 Å². The zero-order chi connectivity index (χ0) is 21.2. The average molecular weight is 414 g/mol. The minimum absolute atomic E-state index is 0.0142. The monoisotopic (exact) mass is 414 g/mol. The first-order valence-electron chi connectivity index (χ1n) is 9.61. The van der Waals surface area contributed by atoms with Crippen LogP contribution in [0.1, 0.15) is 0 Å². The molecule has 0 fully saturated rings. The van der Waals surface area contributed by atoms with Crippen molar-refractivity contribution in [3.8, 4) is 33.9 Å². The van der Waals surface area contributed by atoms with Gasteiger partial charge in [-0.1, -0.05) is 60.7 Å². The predicted octanol–water partition coefficient (Wildman–Crippen LogP) is 7.39. The van der Waals surface area contributed by atoms with Crippen molar-refractivity contribution in [3.63, 3.8) is 0 Å².